The van der Waals surface area contributed by atoms with Crippen LogP contribution in [0.5, 0.6) is 0 Å². The molecule has 1 rings (SSSR count). The Balaban J connectivity index is 2.40. The number of nitrogens with zero attached hydrogens (tertiary/aromatic N) is 1. The normalized spacial score (nSPS) is 19.7. The molecule has 0 aromatic heterocycles. The first-order chi connectivity index (χ1) is 7.00. The van der Waals surface area contributed by atoms with Crippen molar-refractivity contribution < 1.29 is 18.9 Å². The van der Waals surface area contributed by atoms with E-state index in [0.717, 1.165) is 0 Å². The lowest BCUT2D eigenvalue weighted by molar-refractivity contribution is -0.138. The van der Waals surface area contributed by atoms with Crippen LogP contribution in [0.2, 0.25) is 0 Å². The minimum Gasteiger partial charge on any atom is -0.480 e. The summed E-state index contributed by atoms with van der Waals surface area (Å²) in [6, 6.07) is -1.30. The Morgan fingerprint density at radius 3 is 2.40 bits per heavy atom. The molecule has 1 fully saturated rings. The van der Waals surface area contributed by atoms with Crippen molar-refractivity contribution in [3.63, 3.8) is 0 Å². The lowest BCUT2D eigenvalue weighted by atomic mass is 10.3. The van der Waals surface area contributed by atoms with Crippen LogP contribution < -0.4 is 5.32 Å². The highest BCUT2D eigenvalue weighted by Crippen LogP contribution is 2.00. The second-order valence-electron chi connectivity index (χ2n) is 3.34. The molecular formula is C8H14N2O4S. The maximum atomic E-state index is 11.5. The summed E-state index contributed by atoms with van der Waals surface area (Å²) in [5.41, 5.74) is 0. The van der Waals surface area contributed by atoms with Gasteiger partial charge in [-0.2, -0.15) is 0 Å². The van der Waals surface area contributed by atoms with Gasteiger partial charge in [-0.3, -0.25) is 9.00 Å². The van der Waals surface area contributed by atoms with Crippen LogP contribution in [0, 0.1) is 0 Å². The predicted molar refractivity (Wildman–Crippen MR) is 55.1 cm³/mol. The van der Waals surface area contributed by atoms with Gasteiger partial charge in [-0.25, -0.2) is 4.79 Å². The maximum absolute atomic E-state index is 11.5. The van der Waals surface area contributed by atoms with Crippen LogP contribution in [0.1, 0.15) is 6.92 Å². The number of aliphatic carboxylic acids is 1. The van der Waals surface area contributed by atoms with Crippen molar-refractivity contribution in [2.75, 3.05) is 24.6 Å². The Morgan fingerprint density at radius 2 is 1.93 bits per heavy atom. The van der Waals surface area contributed by atoms with Gasteiger partial charge in [-0.1, -0.05) is 0 Å². The van der Waals surface area contributed by atoms with Crippen molar-refractivity contribution in [2.24, 2.45) is 0 Å². The second kappa shape index (κ2) is 5.11. The van der Waals surface area contributed by atoms with Crippen LogP contribution in [0.15, 0.2) is 0 Å². The van der Waals surface area contributed by atoms with E-state index in [-0.39, 0.29) is 0 Å². The molecule has 2 N–H and O–H groups in total. The molecule has 1 saturated heterocycles. The van der Waals surface area contributed by atoms with E-state index in [1.807, 2.05) is 0 Å². The Kier molecular flexibility index (Phi) is 4.07. The molecule has 2 amide bonds. The quantitative estimate of drug-likeness (QED) is 0.657. The fourth-order valence-electron chi connectivity index (χ4n) is 1.18. The third-order valence-corrected chi connectivity index (χ3v) is 3.45. The van der Waals surface area contributed by atoms with Gasteiger partial charge in [-0.05, 0) is 6.92 Å². The summed E-state index contributed by atoms with van der Waals surface area (Å²) in [4.78, 5) is 23.4. The molecule has 0 radical (unpaired) electrons. The molecule has 7 heteroatoms. The molecule has 1 aliphatic rings. The van der Waals surface area contributed by atoms with Crippen LogP contribution in [-0.2, 0) is 15.6 Å². The molecular weight excluding hydrogens is 220 g/mol. The minimum atomic E-state index is -1.07. The van der Waals surface area contributed by atoms with E-state index < -0.39 is 28.8 Å². The molecule has 86 valence electrons. The topological polar surface area (TPSA) is 86.7 Å². The molecule has 1 heterocycles. The Bertz CT molecular complexity index is 284. The van der Waals surface area contributed by atoms with Gasteiger partial charge in [0.25, 0.3) is 0 Å². The van der Waals surface area contributed by atoms with Gasteiger partial charge in [-0.15, -0.1) is 0 Å². The average Bonchev–Trinajstić information content (AvgIpc) is 2.18. The highest BCUT2D eigenvalue weighted by Gasteiger charge is 2.22. The van der Waals surface area contributed by atoms with E-state index in [9.17, 15) is 13.8 Å². The number of carbonyl (C=O) groups excluding carboxylic acids is 1. The molecule has 0 bridgehead atoms. The van der Waals surface area contributed by atoms with Crippen LogP contribution in [0.25, 0.3) is 0 Å². The molecule has 1 aliphatic heterocycles. The predicted octanol–water partition coefficient (Wildman–Crippen LogP) is -0.767. The standard InChI is InChI=1S/C8H14N2O4S/c1-6(7(11)12)9-8(13)10-2-4-15(14)5-3-10/h6H,2-5H2,1H3,(H,9,13)(H,11,12)/t6-/m0/s1. The third-order valence-electron chi connectivity index (χ3n) is 2.18. The second-order valence-corrected chi connectivity index (χ2v) is 5.04. The number of hydrogen-bond acceptors (Lipinski definition) is 3. The number of amides is 2. The molecule has 1 atom stereocenters. The summed E-state index contributed by atoms with van der Waals surface area (Å²) in [6.45, 7) is 2.25. The Morgan fingerprint density at radius 1 is 1.40 bits per heavy atom. The SMILES string of the molecule is C[C@H](NC(=O)N1CCS(=O)CC1)C(=O)O. The number of nitrogens with one attached hydrogen (secondary N) is 1. The Labute approximate surface area is 90.1 Å². The van der Waals surface area contributed by atoms with E-state index in [4.69, 9.17) is 5.11 Å². The summed E-state index contributed by atoms with van der Waals surface area (Å²) in [6.07, 6.45) is 0. The zero-order valence-corrected chi connectivity index (χ0v) is 9.25. The van der Waals surface area contributed by atoms with Crippen molar-refractivity contribution in [3.8, 4) is 0 Å². The van der Waals surface area contributed by atoms with Crippen molar-refractivity contribution in [1.29, 1.82) is 0 Å². The molecule has 0 saturated carbocycles. The van der Waals surface area contributed by atoms with Gasteiger partial charge in [0.05, 0.1) is 0 Å². The van der Waals surface area contributed by atoms with Gasteiger partial charge in [0, 0.05) is 35.4 Å². The first kappa shape index (κ1) is 12.0. The molecule has 0 aromatic carbocycles. The van der Waals surface area contributed by atoms with Crippen molar-refractivity contribution in [1.82, 2.24) is 10.2 Å². The zero-order chi connectivity index (χ0) is 11.4. The van der Waals surface area contributed by atoms with E-state index in [0.29, 0.717) is 24.6 Å². The Hall–Kier alpha value is -1.11. The average molecular weight is 234 g/mol. The lowest BCUT2D eigenvalue weighted by Gasteiger charge is -2.27. The number of hydrogen-bond donors (Lipinski definition) is 2. The van der Waals surface area contributed by atoms with Gasteiger partial charge >= 0.3 is 12.0 Å². The smallest absolute Gasteiger partial charge is 0.325 e. The van der Waals surface area contributed by atoms with Crippen LogP contribution in [0.3, 0.4) is 0 Å². The van der Waals surface area contributed by atoms with Gasteiger partial charge < -0.3 is 15.3 Å². The molecule has 0 spiro atoms. The number of carbonyl (C=O) groups is 2. The minimum absolute atomic E-state index is 0.401. The summed E-state index contributed by atoms with van der Waals surface area (Å²) >= 11 is 0. The summed E-state index contributed by atoms with van der Waals surface area (Å²) in [5.74, 6) is -0.132. The summed E-state index contributed by atoms with van der Waals surface area (Å²) in [7, 11) is -0.837. The highest BCUT2D eigenvalue weighted by molar-refractivity contribution is 7.85. The van der Waals surface area contributed by atoms with Crippen molar-refractivity contribution >= 4 is 22.8 Å². The first-order valence-corrected chi connectivity index (χ1v) is 6.12. The molecule has 15 heavy (non-hydrogen) atoms. The molecule has 0 aromatic rings. The van der Waals surface area contributed by atoms with Gasteiger partial charge in [0.2, 0.25) is 0 Å². The summed E-state index contributed by atoms with van der Waals surface area (Å²) < 4.78 is 11.0. The van der Waals surface area contributed by atoms with E-state index in [1.54, 1.807) is 0 Å². The van der Waals surface area contributed by atoms with Gasteiger partial charge in [0.15, 0.2) is 0 Å². The monoisotopic (exact) mass is 234 g/mol. The highest BCUT2D eigenvalue weighted by atomic mass is 32.2. The van der Waals surface area contributed by atoms with Crippen LogP contribution in [-0.4, -0.2) is 56.9 Å². The molecule has 0 aliphatic carbocycles. The number of carboxylic acid groups (broad SMARTS) is 1. The maximum Gasteiger partial charge on any atom is 0.325 e. The van der Waals surface area contributed by atoms with Crippen LogP contribution in [0.4, 0.5) is 4.79 Å². The number of rotatable bonds is 2. The summed E-state index contributed by atoms with van der Waals surface area (Å²) in [5, 5.41) is 10.9. The zero-order valence-electron chi connectivity index (χ0n) is 8.43. The largest absolute Gasteiger partial charge is 0.480 e. The lowest BCUT2D eigenvalue weighted by Crippen LogP contribution is -2.50. The first-order valence-electron chi connectivity index (χ1n) is 4.64. The van der Waals surface area contributed by atoms with E-state index in [1.165, 1.54) is 11.8 Å². The van der Waals surface area contributed by atoms with E-state index >= 15 is 0 Å². The van der Waals surface area contributed by atoms with Crippen molar-refractivity contribution in [2.45, 2.75) is 13.0 Å². The molecule has 6 nitrogen and oxygen atoms in total. The number of carboxylic acids is 1. The number of urea groups is 1. The van der Waals surface area contributed by atoms with Crippen LogP contribution >= 0.6 is 0 Å². The fraction of sp³-hybridized carbons (Fsp3) is 0.750. The third kappa shape index (κ3) is 3.50. The molecule has 0 unspecified atom stereocenters. The van der Waals surface area contributed by atoms with Gasteiger partial charge in [0.1, 0.15) is 6.04 Å². The van der Waals surface area contributed by atoms with Crippen molar-refractivity contribution in [3.05, 3.63) is 0 Å². The van der Waals surface area contributed by atoms with E-state index in [2.05, 4.69) is 5.32 Å². The fourth-order valence-corrected chi connectivity index (χ4v) is 2.23.